The molecule has 3 heteroatoms. The average Bonchev–Trinajstić information content (AvgIpc) is 3.12. The van der Waals surface area contributed by atoms with E-state index < -0.39 is 0 Å². The Kier molecular flexibility index (Phi) is 4.45. The fourth-order valence-corrected chi connectivity index (χ4v) is 4.08. The first kappa shape index (κ1) is 13.8. The maximum absolute atomic E-state index is 5.21. The van der Waals surface area contributed by atoms with Crippen LogP contribution in [0.5, 0.6) is 0 Å². The molecule has 3 fully saturated rings. The van der Waals surface area contributed by atoms with Gasteiger partial charge < -0.3 is 15.4 Å². The van der Waals surface area contributed by atoms with Gasteiger partial charge in [0.25, 0.3) is 0 Å². The maximum atomic E-state index is 5.21. The van der Waals surface area contributed by atoms with Crippen LogP contribution in [0.25, 0.3) is 0 Å². The lowest BCUT2D eigenvalue weighted by Gasteiger charge is -2.29. The standard InChI is InChI=1S/C16H30N2O/c1-19-9-7-16(5-6-16)12-17-8-4-13-10-14-2-3-15(11-13)18-14/h13-15,17-18H,2-12H2,1H3. The lowest BCUT2D eigenvalue weighted by molar-refractivity contribution is 0.171. The molecule has 19 heavy (non-hydrogen) atoms. The smallest absolute Gasteiger partial charge is 0.0468 e. The predicted molar refractivity (Wildman–Crippen MR) is 78.3 cm³/mol. The van der Waals surface area contributed by atoms with Crippen LogP contribution in [-0.2, 0) is 4.74 Å². The van der Waals surface area contributed by atoms with E-state index in [4.69, 9.17) is 4.74 Å². The zero-order valence-electron chi connectivity index (χ0n) is 12.4. The molecule has 1 aliphatic carbocycles. The number of ether oxygens (including phenoxy) is 1. The zero-order valence-corrected chi connectivity index (χ0v) is 12.4. The Morgan fingerprint density at radius 1 is 1.21 bits per heavy atom. The minimum Gasteiger partial charge on any atom is -0.385 e. The SMILES string of the molecule is COCCC1(CNCCC2CC3CCC(C2)N3)CC1. The molecule has 3 rings (SSSR count). The second-order valence-corrected chi connectivity index (χ2v) is 7.18. The van der Waals surface area contributed by atoms with E-state index in [1.165, 1.54) is 64.5 Å². The van der Waals surface area contributed by atoms with E-state index in [9.17, 15) is 0 Å². The van der Waals surface area contributed by atoms with Crippen LogP contribution in [0.1, 0.15) is 51.4 Å². The summed E-state index contributed by atoms with van der Waals surface area (Å²) < 4.78 is 5.21. The van der Waals surface area contributed by atoms with Gasteiger partial charge in [-0.05, 0) is 69.2 Å². The molecule has 3 aliphatic rings. The van der Waals surface area contributed by atoms with E-state index in [0.29, 0.717) is 5.41 Å². The van der Waals surface area contributed by atoms with Crippen LogP contribution < -0.4 is 10.6 Å². The number of rotatable bonds is 8. The molecular formula is C16H30N2O. The average molecular weight is 266 g/mol. The third-order valence-electron chi connectivity index (χ3n) is 5.59. The Balaban J connectivity index is 1.29. The van der Waals surface area contributed by atoms with Gasteiger partial charge >= 0.3 is 0 Å². The highest BCUT2D eigenvalue weighted by Gasteiger charge is 2.41. The van der Waals surface area contributed by atoms with Crippen molar-refractivity contribution >= 4 is 0 Å². The lowest BCUT2D eigenvalue weighted by atomic mass is 9.89. The minimum absolute atomic E-state index is 0.600. The summed E-state index contributed by atoms with van der Waals surface area (Å²) in [6.45, 7) is 3.37. The number of fused-ring (bicyclic) bond motifs is 2. The molecule has 0 aromatic heterocycles. The van der Waals surface area contributed by atoms with Gasteiger partial charge in [-0.3, -0.25) is 0 Å². The topological polar surface area (TPSA) is 33.3 Å². The molecule has 2 atom stereocenters. The van der Waals surface area contributed by atoms with Gasteiger partial charge in [-0.2, -0.15) is 0 Å². The third kappa shape index (κ3) is 3.71. The Morgan fingerprint density at radius 2 is 1.95 bits per heavy atom. The summed E-state index contributed by atoms with van der Waals surface area (Å²) in [6.07, 6.45) is 11.1. The summed E-state index contributed by atoms with van der Waals surface area (Å²) >= 11 is 0. The highest BCUT2D eigenvalue weighted by Crippen LogP contribution is 2.48. The fraction of sp³-hybridized carbons (Fsp3) is 1.00. The summed E-state index contributed by atoms with van der Waals surface area (Å²) in [7, 11) is 1.81. The quantitative estimate of drug-likeness (QED) is 0.662. The monoisotopic (exact) mass is 266 g/mol. The van der Waals surface area contributed by atoms with Gasteiger partial charge in [-0.1, -0.05) is 0 Å². The molecule has 2 bridgehead atoms. The van der Waals surface area contributed by atoms with Gasteiger partial charge in [0.2, 0.25) is 0 Å². The molecule has 2 unspecified atom stereocenters. The fourth-order valence-electron chi connectivity index (χ4n) is 4.08. The molecule has 0 amide bonds. The number of hydrogen-bond donors (Lipinski definition) is 2. The van der Waals surface area contributed by atoms with Crippen molar-refractivity contribution in [1.29, 1.82) is 0 Å². The number of methoxy groups -OCH3 is 1. The Bertz CT molecular complexity index is 278. The van der Waals surface area contributed by atoms with Gasteiger partial charge in [-0.25, -0.2) is 0 Å². The first-order valence-corrected chi connectivity index (χ1v) is 8.25. The maximum Gasteiger partial charge on any atom is 0.0468 e. The van der Waals surface area contributed by atoms with Gasteiger partial charge in [0.05, 0.1) is 0 Å². The molecule has 0 aromatic carbocycles. The molecule has 0 radical (unpaired) electrons. The zero-order chi connectivity index (χ0) is 13.1. The first-order valence-electron chi connectivity index (χ1n) is 8.25. The number of nitrogens with one attached hydrogen (secondary N) is 2. The van der Waals surface area contributed by atoms with Crippen molar-refractivity contribution in [3.05, 3.63) is 0 Å². The molecule has 0 spiro atoms. The summed E-state index contributed by atoms with van der Waals surface area (Å²) in [5.74, 6) is 0.973. The van der Waals surface area contributed by atoms with Crippen molar-refractivity contribution in [2.45, 2.75) is 63.5 Å². The van der Waals surface area contributed by atoms with Crippen molar-refractivity contribution in [2.75, 3.05) is 26.8 Å². The highest BCUT2D eigenvalue weighted by molar-refractivity contribution is 4.95. The predicted octanol–water partition coefficient (Wildman–Crippen LogP) is 2.31. The van der Waals surface area contributed by atoms with Crippen molar-refractivity contribution in [3.63, 3.8) is 0 Å². The second-order valence-electron chi connectivity index (χ2n) is 7.18. The van der Waals surface area contributed by atoms with Crippen molar-refractivity contribution in [3.8, 4) is 0 Å². The molecular weight excluding hydrogens is 236 g/mol. The van der Waals surface area contributed by atoms with Gasteiger partial charge in [0.1, 0.15) is 0 Å². The summed E-state index contributed by atoms with van der Waals surface area (Å²) in [5.41, 5.74) is 0.600. The van der Waals surface area contributed by atoms with Crippen molar-refractivity contribution in [2.24, 2.45) is 11.3 Å². The summed E-state index contributed by atoms with van der Waals surface area (Å²) in [6, 6.07) is 1.69. The van der Waals surface area contributed by atoms with Crippen LogP contribution in [0, 0.1) is 11.3 Å². The number of hydrogen-bond acceptors (Lipinski definition) is 3. The van der Waals surface area contributed by atoms with E-state index in [2.05, 4.69) is 10.6 Å². The van der Waals surface area contributed by atoms with Crippen LogP contribution in [0.3, 0.4) is 0 Å². The molecule has 2 aliphatic heterocycles. The van der Waals surface area contributed by atoms with Crippen LogP contribution >= 0.6 is 0 Å². The van der Waals surface area contributed by atoms with Crippen molar-refractivity contribution in [1.82, 2.24) is 10.6 Å². The van der Waals surface area contributed by atoms with E-state index in [0.717, 1.165) is 24.6 Å². The second kappa shape index (κ2) is 6.11. The van der Waals surface area contributed by atoms with E-state index in [1.807, 2.05) is 7.11 Å². The largest absolute Gasteiger partial charge is 0.385 e. The van der Waals surface area contributed by atoms with Crippen LogP contribution in [0.2, 0.25) is 0 Å². The Hall–Kier alpha value is -0.120. The highest BCUT2D eigenvalue weighted by atomic mass is 16.5. The van der Waals surface area contributed by atoms with Crippen LogP contribution in [0.15, 0.2) is 0 Å². The third-order valence-corrected chi connectivity index (χ3v) is 5.59. The van der Waals surface area contributed by atoms with Gasteiger partial charge in [0.15, 0.2) is 0 Å². The summed E-state index contributed by atoms with van der Waals surface area (Å²) in [5, 5.41) is 7.45. The first-order chi connectivity index (χ1) is 9.30. The van der Waals surface area contributed by atoms with Gasteiger partial charge in [0, 0.05) is 32.3 Å². The van der Waals surface area contributed by atoms with E-state index in [-0.39, 0.29) is 0 Å². The minimum atomic E-state index is 0.600. The van der Waals surface area contributed by atoms with E-state index >= 15 is 0 Å². The Labute approximate surface area is 117 Å². The lowest BCUT2D eigenvalue weighted by Crippen LogP contribution is -2.39. The molecule has 2 saturated heterocycles. The molecule has 3 nitrogen and oxygen atoms in total. The molecule has 2 N–H and O–H groups in total. The molecule has 1 saturated carbocycles. The number of piperidine rings is 1. The molecule has 2 heterocycles. The summed E-state index contributed by atoms with van der Waals surface area (Å²) in [4.78, 5) is 0. The normalized spacial score (nSPS) is 35.5. The molecule has 110 valence electrons. The molecule has 0 aromatic rings. The van der Waals surface area contributed by atoms with E-state index in [1.54, 1.807) is 0 Å². The van der Waals surface area contributed by atoms with Crippen LogP contribution in [-0.4, -0.2) is 38.9 Å². The van der Waals surface area contributed by atoms with Crippen LogP contribution in [0.4, 0.5) is 0 Å². The van der Waals surface area contributed by atoms with Gasteiger partial charge in [-0.15, -0.1) is 0 Å². The van der Waals surface area contributed by atoms with Crippen molar-refractivity contribution < 1.29 is 4.74 Å². The Morgan fingerprint density at radius 3 is 2.58 bits per heavy atom.